The molecular weight excluding hydrogens is 328 g/mol. The van der Waals surface area contributed by atoms with Gasteiger partial charge in [0, 0.05) is 25.5 Å². The number of hydrogen-bond donors (Lipinski definition) is 0. The van der Waals surface area contributed by atoms with Crippen molar-refractivity contribution in [3.05, 3.63) is 60.2 Å². The number of aromatic nitrogens is 3. The lowest BCUT2D eigenvalue weighted by Crippen LogP contribution is -2.33. The Morgan fingerprint density at radius 3 is 2.88 bits per heavy atom. The number of likely N-dealkylation sites (tertiary alicyclic amines) is 1. The average molecular weight is 350 g/mol. The van der Waals surface area contributed by atoms with Gasteiger partial charge in [-0.25, -0.2) is 4.98 Å². The van der Waals surface area contributed by atoms with E-state index < -0.39 is 0 Å². The molecule has 26 heavy (non-hydrogen) atoms. The van der Waals surface area contributed by atoms with Crippen LogP contribution < -0.4 is 0 Å². The number of carbonyl (C=O) groups excluding carboxylic acids is 1. The quantitative estimate of drug-likeness (QED) is 0.710. The summed E-state index contributed by atoms with van der Waals surface area (Å²) in [5.41, 5.74) is 3.03. The predicted molar refractivity (Wildman–Crippen MR) is 98.5 cm³/mol. The highest BCUT2D eigenvalue weighted by Crippen LogP contribution is 2.18. The highest BCUT2D eigenvalue weighted by molar-refractivity contribution is 5.81. The molecule has 1 unspecified atom stereocenters. The van der Waals surface area contributed by atoms with Gasteiger partial charge in [-0.3, -0.25) is 9.78 Å². The van der Waals surface area contributed by atoms with Gasteiger partial charge in [0.25, 0.3) is 0 Å². The van der Waals surface area contributed by atoms with Gasteiger partial charge in [0.1, 0.15) is 12.4 Å². The molecule has 6 nitrogen and oxygen atoms in total. The maximum Gasteiger partial charge on any atom is 0.242 e. The zero-order valence-corrected chi connectivity index (χ0v) is 14.8. The highest BCUT2D eigenvalue weighted by atomic mass is 16.5. The van der Waals surface area contributed by atoms with Gasteiger partial charge in [-0.15, -0.1) is 0 Å². The first-order chi connectivity index (χ1) is 12.7. The van der Waals surface area contributed by atoms with E-state index in [0.717, 1.165) is 35.4 Å². The van der Waals surface area contributed by atoms with Crippen molar-refractivity contribution in [3.63, 3.8) is 0 Å². The Bertz CT molecular complexity index is 907. The molecule has 0 bridgehead atoms. The van der Waals surface area contributed by atoms with Crippen LogP contribution in [0.1, 0.15) is 17.8 Å². The Kier molecular flexibility index (Phi) is 4.67. The molecule has 1 atom stereocenters. The van der Waals surface area contributed by atoms with Crippen LogP contribution in [0.5, 0.6) is 0 Å². The van der Waals surface area contributed by atoms with Gasteiger partial charge in [0.05, 0.1) is 23.7 Å². The molecule has 1 aliphatic rings. The standard InChI is InChI=1S/C20H22N4O2/c1-15-22-18-4-2-3-5-19(18)24(15)13-20(25)23-11-8-17(12-23)26-14-16-6-9-21-10-7-16/h2-7,9-10,17H,8,11-14H2,1H3. The number of amides is 1. The molecule has 6 heteroatoms. The second kappa shape index (κ2) is 7.25. The van der Waals surface area contributed by atoms with Crippen molar-refractivity contribution in [2.45, 2.75) is 32.6 Å². The topological polar surface area (TPSA) is 60.2 Å². The predicted octanol–water partition coefficient (Wildman–Crippen LogP) is 2.56. The number of para-hydroxylation sites is 2. The Morgan fingerprint density at radius 1 is 1.23 bits per heavy atom. The Hall–Kier alpha value is -2.73. The van der Waals surface area contributed by atoms with Crippen LogP contribution in [-0.4, -0.2) is 44.5 Å². The van der Waals surface area contributed by atoms with Crippen LogP contribution in [-0.2, 0) is 22.7 Å². The minimum atomic E-state index is 0.0905. The van der Waals surface area contributed by atoms with E-state index in [4.69, 9.17) is 4.74 Å². The summed E-state index contributed by atoms with van der Waals surface area (Å²) in [6.07, 6.45) is 4.50. The lowest BCUT2D eigenvalue weighted by Gasteiger charge is -2.18. The summed E-state index contributed by atoms with van der Waals surface area (Å²) in [4.78, 5) is 23.2. The first-order valence-corrected chi connectivity index (χ1v) is 8.91. The van der Waals surface area contributed by atoms with Crippen molar-refractivity contribution in [3.8, 4) is 0 Å². The summed E-state index contributed by atoms with van der Waals surface area (Å²) in [5.74, 6) is 0.982. The van der Waals surface area contributed by atoms with E-state index in [-0.39, 0.29) is 12.0 Å². The number of ether oxygens (including phenoxy) is 1. The third-order valence-electron chi connectivity index (χ3n) is 4.87. The summed E-state index contributed by atoms with van der Waals surface area (Å²) in [5, 5.41) is 0. The molecule has 1 amide bonds. The zero-order chi connectivity index (χ0) is 17.9. The molecule has 0 saturated carbocycles. The van der Waals surface area contributed by atoms with E-state index in [1.54, 1.807) is 12.4 Å². The van der Waals surface area contributed by atoms with Crippen LogP contribution in [0.15, 0.2) is 48.8 Å². The average Bonchev–Trinajstić information content (AvgIpc) is 3.26. The second-order valence-electron chi connectivity index (χ2n) is 6.65. The van der Waals surface area contributed by atoms with E-state index in [9.17, 15) is 4.79 Å². The monoisotopic (exact) mass is 350 g/mol. The molecule has 4 rings (SSSR count). The third-order valence-corrected chi connectivity index (χ3v) is 4.87. The van der Waals surface area contributed by atoms with Crippen LogP contribution in [0.25, 0.3) is 11.0 Å². The van der Waals surface area contributed by atoms with Crippen molar-refractivity contribution in [2.75, 3.05) is 13.1 Å². The number of pyridine rings is 1. The second-order valence-corrected chi connectivity index (χ2v) is 6.65. The first kappa shape index (κ1) is 16.7. The molecule has 1 aromatic carbocycles. The summed E-state index contributed by atoms with van der Waals surface area (Å²) in [6, 6.07) is 11.8. The summed E-state index contributed by atoms with van der Waals surface area (Å²) in [7, 11) is 0. The first-order valence-electron chi connectivity index (χ1n) is 8.91. The fraction of sp³-hybridized carbons (Fsp3) is 0.350. The summed E-state index contributed by atoms with van der Waals surface area (Å²) >= 11 is 0. The molecule has 1 aliphatic heterocycles. The van der Waals surface area contributed by atoms with Gasteiger partial charge in [0.15, 0.2) is 0 Å². The van der Waals surface area contributed by atoms with Crippen LogP contribution >= 0.6 is 0 Å². The number of fused-ring (bicyclic) bond motifs is 1. The number of hydrogen-bond acceptors (Lipinski definition) is 4. The largest absolute Gasteiger partial charge is 0.372 e. The van der Waals surface area contributed by atoms with Crippen molar-refractivity contribution in [2.24, 2.45) is 0 Å². The van der Waals surface area contributed by atoms with Crippen molar-refractivity contribution < 1.29 is 9.53 Å². The van der Waals surface area contributed by atoms with Crippen LogP contribution in [0, 0.1) is 6.92 Å². The van der Waals surface area contributed by atoms with E-state index in [0.29, 0.717) is 19.7 Å². The molecule has 3 heterocycles. The Balaban J connectivity index is 1.36. The van der Waals surface area contributed by atoms with E-state index in [1.165, 1.54) is 0 Å². The molecule has 0 radical (unpaired) electrons. The SMILES string of the molecule is Cc1nc2ccccc2n1CC(=O)N1CCC(OCc2ccncc2)C1. The molecule has 0 N–H and O–H groups in total. The van der Waals surface area contributed by atoms with Gasteiger partial charge >= 0.3 is 0 Å². The number of benzene rings is 1. The van der Waals surface area contributed by atoms with Crippen LogP contribution in [0.2, 0.25) is 0 Å². The highest BCUT2D eigenvalue weighted by Gasteiger charge is 2.27. The molecule has 0 spiro atoms. The molecule has 0 aliphatic carbocycles. The number of rotatable bonds is 5. The van der Waals surface area contributed by atoms with Crippen molar-refractivity contribution in [1.82, 2.24) is 19.4 Å². The van der Waals surface area contributed by atoms with Gasteiger partial charge in [0.2, 0.25) is 5.91 Å². The fourth-order valence-electron chi connectivity index (χ4n) is 3.41. The fourth-order valence-corrected chi connectivity index (χ4v) is 3.41. The zero-order valence-electron chi connectivity index (χ0n) is 14.8. The number of nitrogens with zero attached hydrogens (tertiary/aromatic N) is 4. The lowest BCUT2D eigenvalue weighted by molar-refractivity contribution is -0.131. The van der Waals surface area contributed by atoms with Gasteiger partial charge in [-0.2, -0.15) is 0 Å². The van der Waals surface area contributed by atoms with Crippen LogP contribution in [0.3, 0.4) is 0 Å². The van der Waals surface area contributed by atoms with Crippen molar-refractivity contribution in [1.29, 1.82) is 0 Å². The molecule has 3 aromatic rings. The van der Waals surface area contributed by atoms with E-state index in [1.807, 2.05) is 52.8 Å². The van der Waals surface area contributed by atoms with E-state index >= 15 is 0 Å². The Morgan fingerprint density at radius 2 is 2.04 bits per heavy atom. The molecule has 2 aromatic heterocycles. The van der Waals surface area contributed by atoms with Gasteiger partial charge in [-0.05, 0) is 43.2 Å². The maximum atomic E-state index is 12.7. The minimum Gasteiger partial charge on any atom is -0.372 e. The number of carbonyl (C=O) groups is 1. The summed E-state index contributed by atoms with van der Waals surface area (Å²) < 4.78 is 7.95. The van der Waals surface area contributed by atoms with Crippen LogP contribution in [0.4, 0.5) is 0 Å². The number of aryl methyl sites for hydroxylation is 1. The third kappa shape index (κ3) is 3.46. The molecule has 1 saturated heterocycles. The normalized spacial score (nSPS) is 17.1. The minimum absolute atomic E-state index is 0.0905. The molecular formula is C20H22N4O2. The number of imidazole rings is 1. The molecule has 134 valence electrons. The maximum absolute atomic E-state index is 12.7. The summed E-state index contributed by atoms with van der Waals surface area (Å²) in [6.45, 7) is 4.21. The van der Waals surface area contributed by atoms with Gasteiger partial charge in [-0.1, -0.05) is 12.1 Å². The Labute approximate surface area is 152 Å². The lowest BCUT2D eigenvalue weighted by atomic mass is 10.3. The smallest absolute Gasteiger partial charge is 0.242 e. The van der Waals surface area contributed by atoms with E-state index in [2.05, 4.69) is 9.97 Å². The van der Waals surface area contributed by atoms with Gasteiger partial charge < -0.3 is 14.2 Å². The molecule has 1 fully saturated rings. The van der Waals surface area contributed by atoms with Crippen molar-refractivity contribution >= 4 is 16.9 Å².